The zero-order chi connectivity index (χ0) is 13.7. The molecule has 1 aliphatic carbocycles. The van der Waals surface area contributed by atoms with Gasteiger partial charge in [0.25, 0.3) is 0 Å². The molecule has 0 saturated heterocycles. The first kappa shape index (κ1) is 14.1. The van der Waals surface area contributed by atoms with Crippen molar-refractivity contribution in [3.63, 3.8) is 0 Å². The van der Waals surface area contributed by atoms with Gasteiger partial charge in [-0.1, -0.05) is 32.6 Å². The Bertz CT molecular complexity index is 408. The number of nitrogens with zero attached hydrogens (tertiary/aromatic N) is 2. The SMILES string of the molecule is CCCC(Cc1ccn(C2CCCCC2)n1)C(=O)O. The lowest BCUT2D eigenvalue weighted by Gasteiger charge is -2.21. The standard InChI is InChI=1S/C15H24N2O2/c1-2-6-12(15(18)19)11-13-9-10-17(16-13)14-7-4-3-5-8-14/h9-10,12,14H,2-8,11H2,1H3,(H,18,19). The van der Waals surface area contributed by atoms with Gasteiger partial charge in [-0.25, -0.2) is 0 Å². The van der Waals surface area contributed by atoms with E-state index in [2.05, 4.69) is 9.78 Å². The highest BCUT2D eigenvalue weighted by Crippen LogP contribution is 2.27. The van der Waals surface area contributed by atoms with Crippen LogP contribution in [0.3, 0.4) is 0 Å². The van der Waals surface area contributed by atoms with Gasteiger partial charge in [-0.2, -0.15) is 5.10 Å². The summed E-state index contributed by atoms with van der Waals surface area (Å²) in [6.07, 6.45) is 10.5. The molecular weight excluding hydrogens is 240 g/mol. The van der Waals surface area contributed by atoms with Gasteiger partial charge in [0.1, 0.15) is 0 Å². The molecule has 0 aliphatic heterocycles. The molecule has 1 aromatic heterocycles. The van der Waals surface area contributed by atoms with E-state index in [0.29, 0.717) is 12.5 Å². The van der Waals surface area contributed by atoms with Gasteiger partial charge >= 0.3 is 5.97 Å². The highest BCUT2D eigenvalue weighted by atomic mass is 16.4. The molecule has 1 unspecified atom stereocenters. The molecule has 0 spiro atoms. The molecule has 1 aromatic rings. The predicted octanol–water partition coefficient (Wildman–Crippen LogP) is 3.43. The number of aromatic nitrogens is 2. The molecule has 0 radical (unpaired) electrons. The maximum Gasteiger partial charge on any atom is 0.306 e. The molecule has 1 heterocycles. The van der Waals surface area contributed by atoms with Crippen molar-refractivity contribution in [2.45, 2.75) is 64.3 Å². The van der Waals surface area contributed by atoms with Gasteiger partial charge < -0.3 is 5.11 Å². The van der Waals surface area contributed by atoms with Crippen LogP contribution in [-0.4, -0.2) is 20.9 Å². The Balaban J connectivity index is 1.97. The van der Waals surface area contributed by atoms with Crippen molar-refractivity contribution >= 4 is 5.97 Å². The fraction of sp³-hybridized carbons (Fsp3) is 0.733. The molecule has 1 atom stereocenters. The maximum atomic E-state index is 11.2. The highest BCUT2D eigenvalue weighted by molar-refractivity contribution is 5.70. The summed E-state index contributed by atoms with van der Waals surface area (Å²) in [6.45, 7) is 2.02. The Morgan fingerprint density at radius 1 is 1.47 bits per heavy atom. The van der Waals surface area contributed by atoms with Crippen LogP contribution in [-0.2, 0) is 11.2 Å². The van der Waals surface area contributed by atoms with E-state index in [-0.39, 0.29) is 5.92 Å². The average molecular weight is 264 g/mol. The van der Waals surface area contributed by atoms with Gasteiger partial charge in [0.05, 0.1) is 17.7 Å². The Morgan fingerprint density at radius 3 is 2.84 bits per heavy atom. The second kappa shape index (κ2) is 6.73. The number of hydrogen-bond donors (Lipinski definition) is 1. The minimum atomic E-state index is -0.700. The lowest BCUT2D eigenvalue weighted by molar-refractivity contribution is -0.142. The van der Waals surface area contributed by atoms with E-state index in [1.54, 1.807) is 0 Å². The summed E-state index contributed by atoms with van der Waals surface area (Å²) in [7, 11) is 0. The smallest absolute Gasteiger partial charge is 0.306 e. The van der Waals surface area contributed by atoms with E-state index in [0.717, 1.165) is 18.5 Å². The summed E-state index contributed by atoms with van der Waals surface area (Å²) in [4.78, 5) is 11.2. The third kappa shape index (κ3) is 3.82. The summed E-state index contributed by atoms with van der Waals surface area (Å²) >= 11 is 0. The lowest BCUT2D eigenvalue weighted by Crippen LogP contribution is -2.17. The number of hydrogen-bond acceptors (Lipinski definition) is 2. The molecule has 1 N–H and O–H groups in total. The summed E-state index contributed by atoms with van der Waals surface area (Å²) in [5.41, 5.74) is 0.923. The van der Waals surface area contributed by atoms with E-state index in [4.69, 9.17) is 0 Å². The molecular formula is C15H24N2O2. The molecule has 1 aliphatic rings. The lowest BCUT2D eigenvalue weighted by atomic mass is 9.96. The predicted molar refractivity (Wildman–Crippen MR) is 74.1 cm³/mol. The number of aliphatic carboxylic acids is 1. The molecule has 19 heavy (non-hydrogen) atoms. The van der Waals surface area contributed by atoms with Crippen LogP contribution in [0, 0.1) is 5.92 Å². The molecule has 106 valence electrons. The molecule has 0 aromatic carbocycles. The Labute approximate surface area is 114 Å². The molecule has 2 rings (SSSR count). The molecule has 1 saturated carbocycles. The van der Waals surface area contributed by atoms with E-state index in [1.165, 1.54) is 32.1 Å². The topological polar surface area (TPSA) is 55.1 Å². The van der Waals surface area contributed by atoms with Crippen LogP contribution in [0.15, 0.2) is 12.3 Å². The summed E-state index contributed by atoms with van der Waals surface area (Å²) in [6, 6.07) is 2.51. The molecule has 0 bridgehead atoms. The average Bonchev–Trinajstić information content (AvgIpc) is 2.88. The number of carboxylic acids is 1. The first-order chi connectivity index (χ1) is 9.20. The van der Waals surface area contributed by atoms with Crippen molar-refractivity contribution in [1.29, 1.82) is 0 Å². The van der Waals surface area contributed by atoms with Crippen molar-refractivity contribution in [2.75, 3.05) is 0 Å². The molecule has 1 fully saturated rings. The zero-order valence-corrected chi connectivity index (χ0v) is 11.7. The van der Waals surface area contributed by atoms with Crippen LogP contribution < -0.4 is 0 Å². The van der Waals surface area contributed by atoms with Gasteiger partial charge in [0.15, 0.2) is 0 Å². The summed E-state index contributed by atoms with van der Waals surface area (Å²) in [5.74, 6) is -0.992. The van der Waals surface area contributed by atoms with Gasteiger partial charge in [0.2, 0.25) is 0 Å². The number of rotatable bonds is 6. The third-order valence-corrected chi connectivity index (χ3v) is 4.05. The van der Waals surface area contributed by atoms with Gasteiger partial charge in [-0.05, 0) is 25.3 Å². The fourth-order valence-electron chi connectivity index (χ4n) is 2.95. The monoisotopic (exact) mass is 264 g/mol. The Morgan fingerprint density at radius 2 is 2.21 bits per heavy atom. The fourth-order valence-corrected chi connectivity index (χ4v) is 2.95. The van der Waals surface area contributed by atoms with Gasteiger partial charge in [-0.15, -0.1) is 0 Å². The maximum absolute atomic E-state index is 11.2. The van der Waals surface area contributed by atoms with Gasteiger partial charge in [-0.3, -0.25) is 9.48 Å². The van der Waals surface area contributed by atoms with Crippen molar-refractivity contribution < 1.29 is 9.90 Å². The van der Waals surface area contributed by atoms with Crippen molar-refractivity contribution in [2.24, 2.45) is 5.92 Å². The third-order valence-electron chi connectivity index (χ3n) is 4.05. The Kier molecular flexibility index (Phi) is 5.00. The van der Waals surface area contributed by atoms with Crippen LogP contribution >= 0.6 is 0 Å². The first-order valence-electron chi connectivity index (χ1n) is 7.47. The minimum Gasteiger partial charge on any atom is -0.481 e. The van der Waals surface area contributed by atoms with E-state index >= 15 is 0 Å². The molecule has 4 nitrogen and oxygen atoms in total. The highest BCUT2D eigenvalue weighted by Gasteiger charge is 2.20. The number of carboxylic acid groups (broad SMARTS) is 1. The van der Waals surface area contributed by atoms with E-state index in [1.807, 2.05) is 19.2 Å². The van der Waals surface area contributed by atoms with Crippen LogP contribution in [0.1, 0.15) is 63.6 Å². The van der Waals surface area contributed by atoms with Crippen LogP contribution in [0.25, 0.3) is 0 Å². The van der Waals surface area contributed by atoms with Crippen LogP contribution in [0.2, 0.25) is 0 Å². The second-order valence-corrected chi connectivity index (χ2v) is 5.61. The minimum absolute atomic E-state index is 0.292. The zero-order valence-electron chi connectivity index (χ0n) is 11.7. The van der Waals surface area contributed by atoms with Gasteiger partial charge in [0, 0.05) is 12.6 Å². The van der Waals surface area contributed by atoms with Crippen molar-refractivity contribution in [3.05, 3.63) is 18.0 Å². The van der Waals surface area contributed by atoms with Crippen LogP contribution in [0.4, 0.5) is 0 Å². The van der Waals surface area contributed by atoms with E-state index in [9.17, 15) is 9.90 Å². The van der Waals surface area contributed by atoms with E-state index < -0.39 is 5.97 Å². The summed E-state index contributed by atoms with van der Waals surface area (Å²) in [5, 5.41) is 13.8. The second-order valence-electron chi connectivity index (χ2n) is 5.61. The van der Waals surface area contributed by atoms with Crippen LogP contribution in [0.5, 0.6) is 0 Å². The van der Waals surface area contributed by atoms with Crippen molar-refractivity contribution in [1.82, 2.24) is 9.78 Å². The molecule has 0 amide bonds. The van der Waals surface area contributed by atoms with Crippen molar-refractivity contribution in [3.8, 4) is 0 Å². The Hall–Kier alpha value is -1.32. The first-order valence-corrected chi connectivity index (χ1v) is 7.47. The quantitative estimate of drug-likeness (QED) is 0.856. The largest absolute Gasteiger partial charge is 0.481 e. The molecule has 4 heteroatoms. The summed E-state index contributed by atoms with van der Waals surface area (Å²) < 4.78 is 2.05. The number of carbonyl (C=O) groups is 1. The normalized spacial score (nSPS) is 18.4.